The van der Waals surface area contributed by atoms with Crippen LogP contribution in [-0.4, -0.2) is 114 Å². The zero-order valence-electron chi connectivity index (χ0n) is 42.8. The maximum atomic E-state index is 12.7. The molecule has 29 heteroatoms. The Kier molecular flexibility index (Phi) is 30.0. The molecule has 426 valence electrons. The summed E-state index contributed by atoms with van der Waals surface area (Å²) in [6.45, 7) is 2.27. The van der Waals surface area contributed by atoms with E-state index < -0.39 is 90.7 Å². The zero-order chi connectivity index (χ0) is 54.8. The number of nitrogens with two attached hydrogens (primary N) is 1. The summed E-state index contributed by atoms with van der Waals surface area (Å²) in [5, 5.41) is 36.5. The van der Waals surface area contributed by atoms with Gasteiger partial charge in [0, 0.05) is 37.1 Å². The smallest absolute Gasteiger partial charge is 0.274 e. The lowest BCUT2D eigenvalue weighted by Gasteiger charge is -2.36. The van der Waals surface area contributed by atoms with E-state index in [1.807, 2.05) is 0 Å². The first-order valence-electron chi connectivity index (χ1n) is 25.6. The summed E-state index contributed by atoms with van der Waals surface area (Å²) in [6.07, 6.45) is 16.5. The molecule has 1 aliphatic heterocycles. The van der Waals surface area contributed by atoms with Gasteiger partial charge in [0.05, 0.1) is 33.5 Å². The van der Waals surface area contributed by atoms with E-state index in [9.17, 15) is 63.0 Å². The van der Waals surface area contributed by atoms with E-state index in [0.717, 1.165) is 48.2 Å². The fraction of sp³-hybridized carbons (Fsp3) is 0.822. The molecular formula is C45H78N7O18P3S-4. The van der Waals surface area contributed by atoms with Gasteiger partial charge < -0.3 is 74.1 Å². The van der Waals surface area contributed by atoms with E-state index >= 15 is 0 Å². The number of aliphatic hydroxyl groups excluding tert-OH is 3. The molecule has 0 spiro atoms. The van der Waals surface area contributed by atoms with Gasteiger partial charge in [0.15, 0.2) is 22.8 Å². The molecule has 3 heterocycles. The Morgan fingerprint density at radius 2 is 1.38 bits per heavy atom. The molecule has 1 fully saturated rings. The summed E-state index contributed by atoms with van der Waals surface area (Å²) in [6, 6.07) is 0. The standard InChI is InChI=1S/C45H82N7O18P3S/c1-4-5-6-7-8-9-10-11-12-13-14-15-16-17-18-19-20-21-22-23-33(53)28-36(55)74-27-26-47-35(54)24-25-48-43(58)40(57)45(2,3)30-67-73(64,65)70-72(62,63)66-29-34-39(69-71(59,60)61)38(56)44(68-34)52-32-51-37-41(46)49-31-50-42(37)52/h31-34,38-40,44,53,56-57H,4-30H2,1-3H3,(H,47,54)(H,48,58)(H,62,63)(H,64,65)(H2,46,49,50)(H2,59,60,61)/p-4/t33?,34-,38-,39-,40+,44-/m1/s1. The predicted octanol–water partition coefficient (Wildman–Crippen LogP) is 3.71. The number of amides is 2. The van der Waals surface area contributed by atoms with Crippen LogP contribution in [0, 0.1) is 5.41 Å². The number of imidazole rings is 1. The Morgan fingerprint density at radius 3 is 1.95 bits per heavy atom. The topological polar surface area (TPSA) is 395 Å². The highest BCUT2D eigenvalue weighted by Gasteiger charge is 2.47. The number of rotatable bonds is 41. The van der Waals surface area contributed by atoms with Crippen molar-refractivity contribution < 1.29 is 85.6 Å². The maximum absolute atomic E-state index is 12.7. The number of aromatic nitrogens is 4. The van der Waals surface area contributed by atoms with Gasteiger partial charge in [0.2, 0.25) is 11.8 Å². The normalized spacial score (nSPS) is 19.8. The number of nitrogen functional groups attached to an aromatic ring is 1. The van der Waals surface area contributed by atoms with Gasteiger partial charge in [0.25, 0.3) is 15.6 Å². The second-order valence-corrected chi connectivity index (χ2v) is 24.4. The Labute approximate surface area is 438 Å². The fourth-order valence-corrected chi connectivity index (χ4v) is 11.6. The number of hydrogen-bond donors (Lipinski definition) is 6. The predicted molar refractivity (Wildman–Crippen MR) is 267 cm³/mol. The van der Waals surface area contributed by atoms with Gasteiger partial charge in [-0.15, -0.1) is 0 Å². The summed E-state index contributed by atoms with van der Waals surface area (Å²) < 4.78 is 60.9. The van der Waals surface area contributed by atoms with Crippen molar-refractivity contribution in [1.29, 1.82) is 0 Å². The molecule has 7 N–H and O–H groups in total. The van der Waals surface area contributed by atoms with Gasteiger partial charge in [-0.3, -0.25) is 28.1 Å². The van der Waals surface area contributed by atoms with E-state index in [-0.39, 0.29) is 53.8 Å². The van der Waals surface area contributed by atoms with Crippen LogP contribution in [0.2, 0.25) is 0 Å². The van der Waals surface area contributed by atoms with E-state index in [1.54, 1.807) is 0 Å². The molecule has 0 aromatic carbocycles. The van der Waals surface area contributed by atoms with Crippen molar-refractivity contribution in [3.05, 3.63) is 12.7 Å². The van der Waals surface area contributed by atoms with Crippen LogP contribution in [0.15, 0.2) is 12.7 Å². The van der Waals surface area contributed by atoms with Crippen molar-refractivity contribution >= 4 is 69.1 Å². The Balaban J connectivity index is 1.24. The lowest BCUT2D eigenvalue weighted by Crippen LogP contribution is -2.46. The second kappa shape index (κ2) is 33.7. The van der Waals surface area contributed by atoms with Crippen LogP contribution in [-0.2, 0) is 50.7 Å². The van der Waals surface area contributed by atoms with Crippen molar-refractivity contribution in [2.45, 2.75) is 199 Å². The molecule has 0 saturated carbocycles. The molecule has 1 aliphatic rings. The monoisotopic (exact) mass is 1130 g/mol. The van der Waals surface area contributed by atoms with E-state index in [2.05, 4.69) is 50.4 Å². The van der Waals surface area contributed by atoms with Crippen LogP contribution in [0.4, 0.5) is 5.82 Å². The molecule has 0 bridgehead atoms. The highest BCUT2D eigenvalue weighted by Crippen LogP contribution is 2.56. The average molecular weight is 1130 g/mol. The third kappa shape index (κ3) is 25.8. The van der Waals surface area contributed by atoms with Crippen molar-refractivity contribution in [2.24, 2.45) is 5.41 Å². The fourth-order valence-electron chi connectivity index (χ4n) is 8.08. The van der Waals surface area contributed by atoms with Gasteiger partial charge in [-0.05, 0) is 6.42 Å². The second-order valence-electron chi connectivity index (χ2n) is 19.2. The molecule has 3 unspecified atom stereocenters. The minimum absolute atomic E-state index is 0.0179. The maximum Gasteiger partial charge on any atom is 0.274 e. The SMILES string of the molecule is CCCCCCCCCCCCCCCCCCCCCC(O)CC(=O)SCCNC(=O)CCNC(=O)[C@H](O)C(C)(C)COP(=O)([O-])OP(=O)([O-])OC[C@H]1O[C@@H](n2cnc3c(N)ncnc32)[C@H](O)[C@@H]1OP(=O)([O-])[O-]. The third-order valence-corrected chi connectivity index (χ3v) is 16.2. The van der Waals surface area contributed by atoms with Gasteiger partial charge in [0.1, 0.15) is 36.3 Å². The molecule has 2 amide bonds. The Bertz CT molecular complexity index is 2140. The number of anilines is 1. The average Bonchev–Trinajstić information content (AvgIpc) is 3.89. The number of phosphoric acid groups is 3. The minimum atomic E-state index is -5.93. The molecule has 0 radical (unpaired) electrons. The summed E-state index contributed by atoms with van der Waals surface area (Å²) in [5.74, 6) is -1.32. The Hall–Kier alpha value is -2.48. The van der Waals surface area contributed by atoms with E-state index in [0.29, 0.717) is 6.42 Å². The summed E-state index contributed by atoms with van der Waals surface area (Å²) in [4.78, 5) is 97.2. The number of hydrogen-bond acceptors (Lipinski definition) is 23. The third-order valence-electron chi connectivity index (χ3n) is 12.3. The number of carbonyl (C=O) groups is 3. The molecule has 25 nitrogen and oxygen atoms in total. The number of nitrogens with zero attached hydrogens (tertiary/aromatic N) is 4. The number of nitrogens with one attached hydrogen (secondary N) is 2. The van der Waals surface area contributed by atoms with E-state index in [1.165, 1.54) is 117 Å². The molecular weight excluding hydrogens is 1050 g/mol. The Morgan fingerprint density at radius 1 is 0.824 bits per heavy atom. The summed E-state index contributed by atoms with van der Waals surface area (Å²) in [5.41, 5.74) is 4.07. The lowest BCUT2D eigenvalue weighted by atomic mass is 9.87. The van der Waals surface area contributed by atoms with Crippen molar-refractivity contribution in [2.75, 3.05) is 37.8 Å². The molecule has 3 rings (SSSR count). The van der Waals surface area contributed by atoms with Gasteiger partial charge in [-0.1, -0.05) is 155 Å². The van der Waals surface area contributed by atoms with Crippen molar-refractivity contribution in [3.8, 4) is 0 Å². The van der Waals surface area contributed by atoms with Gasteiger partial charge >= 0.3 is 0 Å². The van der Waals surface area contributed by atoms with E-state index in [4.69, 9.17) is 10.5 Å². The molecule has 2 aromatic heterocycles. The molecule has 8 atom stereocenters. The number of unbranched alkanes of at least 4 members (excludes halogenated alkanes) is 18. The van der Waals surface area contributed by atoms with Crippen LogP contribution < -0.4 is 35.9 Å². The van der Waals surface area contributed by atoms with Crippen molar-refractivity contribution in [1.82, 2.24) is 30.2 Å². The van der Waals surface area contributed by atoms with Crippen LogP contribution in [0.5, 0.6) is 0 Å². The quantitative estimate of drug-likeness (QED) is 0.0408. The van der Waals surface area contributed by atoms with Crippen LogP contribution in [0.1, 0.15) is 168 Å². The number of thioether (sulfide) groups is 1. The zero-order valence-corrected chi connectivity index (χ0v) is 46.3. The largest absolute Gasteiger partial charge is 0.790 e. The highest BCUT2D eigenvalue weighted by molar-refractivity contribution is 8.13. The number of fused-ring (bicyclic) bond motifs is 1. The first-order valence-corrected chi connectivity index (χ1v) is 31.0. The number of carbonyl (C=O) groups excluding carboxylic acids is 3. The number of ether oxygens (including phenoxy) is 1. The van der Waals surface area contributed by atoms with Crippen LogP contribution >= 0.6 is 35.2 Å². The van der Waals surface area contributed by atoms with Crippen LogP contribution in [0.25, 0.3) is 11.2 Å². The molecule has 1 saturated heterocycles. The lowest BCUT2D eigenvalue weighted by molar-refractivity contribution is -0.347. The summed E-state index contributed by atoms with van der Waals surface area (Å²) >= 11 is 0.993. The van der Waals surface area contributed by atoms with Crippen LogP contribution in [0.3, 0.4) is 0 Å². The van der Waals surface area contributed by atoms with Gasteiger partial charge in [-0.2, -0.15) is 0 Å². The van der Waals surface area contributed by atoms with Gasteiger partial charge in [-0.25, -0.2) is 19.3 Å². The highest BCUT2D eigenvalue weighted by atomic mass is 32.2. The van der Waals surface area contributed by atoms with Crippen molar-refractivity contribution in [3.63, 3.8) is 0 Å². The molecule has 0 aliphatic carbocycles. The first-order chi connectivity index (χ1) is 34.9. The summed E-state index contributed by atoms with van der Waals surface area (Å²) in [7, 11) is -17.6. The first kappa shape index (κ1) is 65.8. The molecule has 74 heavy (non-hydrogen) atoms. The number of aliphatic hydroxyl groups is 3. The number of phosphoric ester groups is 3. The molecule has 2 aromatic rings. The minimum Gasteiger partial charge on any atom is -0.790 e.